The van der Waals surface area contributed by atoms with Crippen molar-refractivity contribution in [3.05, 3.63) is 53.9 Å². The van der Waals surface area contributed by atoms with E-state index in [1.54, 1.807) is 0 Å². The van der Waals surface area contributed by atoms with Crippen molar-refractivity contribution >= 4 is 15.9 Å². The maximum atomic E-state index is 4.57. The third-order valence-electron chi connectivity index (χ3n) is 3.01. The van der Waals surface area contributed by atoms with Crippen LogP contribution in [0.25, 0.3) is 0 Å². The normalized spacial score (nSPS) is 12.9. The second-order valence-corrected chi connectivity index (χ2v) is 5.90. The lowest BCUT2D eigenvalue weighted by atomic mass is 10.1. The molecule has 0 aliphatic carbocycles. The maximum absolute atomic E-state index is 4.57. The summed E-state index contributed by atoms with van der Waals surface area (Å²) in [6, 6.07) is 13.1. The van der Waals surface area contributed by atoms with Crippen LogP contribution in [0.15, 0.2) is 42.6 Å². The first-order valence-corrected chi connectivity index (χ1v) is 7.31. The molecule has 1 heterocycles. The Hall–Kier alpha value is -1.09. The lowest BCUT2D eigenvalue weighted by molar-refractivity contribution is 0.525. The van der Waals surface area contributed by atoms with E-state index < -0.39 is 0 Å². The van der Waals surface area contributed by atoms with Crippen LogP contribution in [-0.4, -0.2) is 9.78 Å². The molecular formula is C15H19BrN2. The molecule has 2 nitrogen and oxygen atoms in total. The topological polar surface area (TPSA) is 17.8 Å². The van der Waals surface area contributed by atoms with Gasteiger partial charge in [-0.3, -0.25) is 4.68 Å². The molecule has 0 spiro atoms. The third kappa shape index (κ3) is 3.45. The predicted octanol–water partition coefficient (Wildman–Crippen LogP) is 4.53. The molecule has 2 aromatic rings. The molecule has 96 valence electrons. The van der Waals surface area contributed by atoms with Gasteiger partial charge in [0.25, 0.3) is 0 Å². The van der Waals surface area contributed by atoms with Crippen molar-refractivity contribution < 1.29 is 0 Å². The van der Waals surface area contributed by atoms with Crippen LogP contribution in [0.5, 0.6) is 0 Å². The molecule has 0 saturated heterocycles. The van der Waals surface area contributed by atoms with Crippen molar-refractivity contribution in [3.63, 3.8) is 0 Å². The molecule has 0 bridgehead atoms. The first-order valence-electron chi connectivity index (χ1n) is 6.40. The van der Waals surface area contributed by atoms with Crippen LogP contribution in [0.2, 0.25) is 0 Å². The number of hydrogen-bond donors (Lipinski definition) is 0. The van der Waals surface area contributed by atoms with E-state index in [0.29, 0.717) is 10.9 Å². The van der Waals surface area contributed by atoms with Crippen molar-refractivity contribution in [3.8, 4) is 0 Å². The van der Waals surface area contributed by atoms with Gasteiger partial charge in [0.2, 0.25) is 0 Å². The van der Waals surface area contributed by atoms with Crippen LogP contribution >= 0.6 is 15.9 Å². The molecule has 0 aliphatic heterocycles. The van der Waals surface area contributed by atoms with Crippen LogP contribution in [0, 0.1) is 0 Å². The van der Waals surface area contributed by atoms with Crippen molar-refractivity contribution in [1.29, 1.82) is 0 Å². The highest BCUT2D eigenvalue weighted by Gasteiger charge is 2.08. The smallest absolute Gasteiger partial charge is 0.0625 e. The summed E-state index contributed by atoms with van der Waals surface area (Å²) >= 11 is 3.74. The minimum absolute atomic E-state index is 0.405. The number of alkyl halides is 1. The number of aromatic nitrogens is 2. The molecule has 18 heavy (non-hydrogen) atoms. The molecule has 1 atom stereocenters. The lowest BCUT2D eigenvalue weighted by Gasteiger charge is -2.09. The van der Waals surface area contributed by atoms with E-state index in [-0.39, 0.29) is 0 Å². The summed E-state index contributed by atoms with van der Waals surface area (Å²) in [7, 11) is 0. The molecule has 1 aromatic carbocycles. The summed E-state index contributed by atoms with van der Waals surface area (Å²) in [5.41, 5.74) is 2.50. The fraction of sp³-hybridized carbons (Fsp3) is 0.400. The Morgan fingerprint density at radius 1 is 1.17 bits per heavy atom. The van der Waals surface area contributed by atoms with Gasteiger partial charge >= 0.3 is 0 Å². The van der Waals surface area contributed by atoms with Gasteiger partial charge in [-0.05, 0) is 38.3 Å². The zero-order valence-electron chi connectivity index (χ0n) is 10.9. The molecule has 1 unspecified atom stereocenters. The summed E-state index contributed by atoms with van der Waals surface area (Å²) < 4.78 is 2.01. The van der Waals surface area contributed by atoms with E-state index in [9.17, 15) is 0 Å². The molecule has 0 aliphatic rings. The molecule has 1 aromatic heterocycles. The van der Waals surface area contributed by atoms with Gasteiger partial charge < -0.3 is 0 Å². The summed E-state index contributed by atoms with van der Waals surface area (Å²) in [5.74, 6) is 0. The summed E-state index contributed by atoms with van der Waals surface area (Å²) in [6.45, 7) is 4.29. The number of rotatable bonds is 5. The van der Waals surface area contributed by atoms with Gasteiger partial charge in [0.05, 0.1) is 5.69 Å². The Bertz CT molecular complexity index is 476. The quantitative estimate of drug-likeness (QED) is 0.742. The highest BCUT2D eigenvalue weighted by atomic mass is 79.9. The second-order valence-electron chi connectivity index (χ2n) is 4.80. The van der Waals surface area contributed by atoms with Crippen molar-refractivity contribution in [2.75, 3.05) is 0 Å². The zero-order valence-corrected chi connectivity index (χ0v) is 12.5. The number of aryl methyl sites for hydroxylation is 1. The third-order valence-corrected chi connectivity index (χ3v) is 3.99. The highest BCUT2D eigenvalue weighted by Crippen LogP contribution is 2.27. The maximum Gasteiger partial charge on any atom is 0.0625 e. The highest BCUT2D eigenvalue weighted by molar-refractivity contribution is 9.09. The van der Waals surface area contributed by atoms with Gasteiger partial charge in [-0.25, -0.2) is 0 Å². The first kappa shape index (κ1) is 13.3. The second kappa shape index (κ2) is 6.19. The van der Waals surface area contributed by atoms with Gasteiger partial charge in [-0.15, -0.1) is 0 Å². The van der Waals surface area contributed by atoms with E-state index in [1.807, 2.05) is 10.7 Å². The lowest BCUT2D eigenvalue weighted by Crippen LogP contribution is -2.02. The van der Waals surface area contributed by atoms with Gasteiger partial charge in [0.15, 0.2) is 0 Å². The molecule has 0 saturated carbocycles. The van der Waals surface area contributed by atoms with Crippen LogP contribution in [0.3, 0.4) is 0 Å². The Kier molecular flexibility index (Phi) is 4.59. The van der Waals surface area contributed by atoms with Crippen LogP contribution in [0.1, 0.15) is 42.4 Å². The van der Waals surface area contributed by atoms with Crippen molar-refractivity contribution in [2.45, 2.75) is 37.6 Å². The fourth-order valence-corrected chi connectivity index (χ4v) is 2.44. The van der Waals surface area contributed by atoms with Crippen LogP contribution < -0.4 is 0 Å². The monoisotopic (exact) mass is 306 g/mol. The van der Waals surface area contributed by atoms with Crippen LogP contribution in [0.4, 0.5) is 0 Å². The van der Waals surface area contributed by atoms with Crippen molar-refractivity contribution in [2.24, 2.45) is 0 Å². The average Bonchev–Trinajstić information content (AvgIpc) is 2.86. The number of benzene rings is 1. The van der Waals surface area contributed by atoms with E-state index in [1.165, 1.54) is 11.3 Å². The van der Waals surface area contributed by atoms with Crippen LogP contribution in [-0.2, 0) is 6.42 Å². The van der Waals surface area contributed by atoms with Crippen molar-refractivity contribution in [1.82, 2.24) is 9.78 Å². The number of nitrogens with zero attached hydrogens (tertiary/aromatic N) is 2. The Morgan fingerprint density at radius 2 is 1.89 bits per heavy atom. The van der Waals surface area contributed by atoms with E-state index in [0.717, 1.165) is 12.8 Å². The number of halogens is 1. The van der Waals surface area contributed by atoms with E-state index in [4.69, 9.17) is 0 Å². The largest absolute Gasteiger partial charge is 0.270 e. The molecule has 0 amide bonds. The SMILES string of the molecule is CC(C)n1ccc(CCC(Br)c2ccccc2)n1. The molecule has 0 fully saturated rings. The van der Waals surface area contributed by atoms with E-state index >= 15 is 0 Å². The molecule has 0 radical (unpaired) electrons. The minimum atomic E-state index is 0.405. The average molecular weight is 307 g/mol. The van der Waals surface area contributed by atoms with Gasteiger partial charge in [0, 0.05) is 17.1 Å². The van der Waals surface area contributed by atoms with Gasteiger partial charge in [0.1, 0.15) is 0 Å². The predicted molar refractivity (Wildman–Crippen MR) is 79.0 cm³/mol. The standard InChI is InChI=1S/C15H19BrN2/c1-12(2)18-11-10-14(17-18)8-9-15(16)13-6-4-3-5-7-13/h3-7,10-12,15H,8-9H2,1-2H3. The molecule has 0 N–H and O–H groups in total. The zero-order chi connectivity index (χ0) is 13.0. The summed E-state index contributed by atoms with van der Waals surface area (Å²) in [6.07, 6.45) is 4.13. The molecule has 2 rings (SSSR count). The Balaban J connectivity index is 1.91. The Morgan fingerprint density at radius 3 is 2.50 bits per heavy atom. The first-order chi connectivity index (χ1) is 8.66. The summed E-state index contributed by atoms with van der Waals surface area (Å²) in [4.78, 5) is 0.405. The minimum Gasteiger partial charge on any atom is -0.270 e. The number of hydrogen-bond acceptors (Lipinski definition) is 1. The van der Waals surface area contributed by atoms with Gasteiger partial charge in [-0.2, -0.15) is 5.10 Å². The Labute approximate surface area is 117 Å². The summed E-state index contributed by atoms with van der Waals surface area (Å²) in [5, 5.41) is 4.57. The van der Waals surface area contributed by atoms with Gasteiger partial charge in [-0.1, -0.05) is 46.3 Å². The molecular weight excluding hydrogens is 288 g/mol. The molecule has 3 heteroatoms. The fourth-order valence-electron chi connectivity index (χ4n) is 1.90. The van der Waals surface area contributed by atoms with E-state index in [2.05, 4.69) is 71.4 Å².